The summed E-state index contributed by atoms with van der Waals surface area (Å²) in [5.41, 5.74) is 6.76. The molecule has 4 heteroatoms. The van der Waals surface area contributed by atoms with Gasteiger partial charge in [0.15, 0.2) is 17.5 Å². The quantitative estimate of drug-likeness (QED) is 0.195. The van der Waals surface area contributed by atoms with Crippen LogP contribution in [0.25, 0.3) is 99.5 Å². The average Bonchev–Trinajstić information content (AvgIpc) is 3.56. The summed E-state index contributed by atoms with van der Waals surface area (Å²) in [6.07, 6.45) is 0. The molecule has 10 rings (SSSR count). The highest BCUT2D eigenvalue weighted by atomic mass is 16.3. The zero-order valence-corrected chi connectivity index (χ0v) is 26.3. The van der Waals surface area contributed by atoms with Crippen LogP contribution in [-0.2, 0) is 0 Å². The molecule has 2 aromatic heterocycles. The van der Waals surface area contributed by atoms with Gasteiger partial charge in [-0.3, -0.25) is 0 Å². The van der Waals surface area contributed by atoms with E-state index in [9.17, 15) is 0 Å². The van der Waals surface area contributed by atoms with Gasteiger partial charge in [0.05, 0.1) is 0 Å². The van der Waals surface area contributed by atoms with Gasteiger partial charge in [0.1, 0.15) is 11.2 Å². The molecule has 0 spiro atoms. The lowest BCUT2D eigenvalue weighted by Gasteiger charge is -2.11. The van der Waals surface area contributed by atoms with Gasteiger partial charge >= 0.3 is 0 Å². The van der Waals surface area contributed by atoms with Crippen molar-refractivity contribution in [2.24, 2.45) is 0 Å². The van der Waals surface area contributed by atoms with Crippen LogP contribution in [0.5, 0.6) is 0 Å². The number of aromatic nitrogens is 3. The van der Waals surface area contributed by atoms with E-state index in [1.807, 2.05) is 42.5 Å². The highest BCUT2D eigenvalue weighted by Gasteiger charge is 2.21. The number of rotatable bonds is 4. The number of furan rings is 1. The Morgan fingerprint density at radius 2 is 0.980 bits per heavy atom. The van der Waals surface area contributed by atoms with Gasteiger partial charge in [-0.2, -0.15) is 0 Å². The molecule has 0 aliphatic heterocycles. The van der Waals surface area contributed by atoms with E-state index < -0.39 is 0 Å². The molecular formula is C45H27N3O. The van der Waals surface area contributed by atoms with E-state index in [0.29, 0.717) is 17.5 Å². The highest BCUT2D eigenvalue weighted by Crippen LogP contribution is 2.43. The molecule has 228 valence electrons. The van der Waals surface area contributed by atoms with Crippen LogP contribution in [-0.4, -0.2) is 15.0 Å². The summed E-state index contributed by atoms with van der Waals surface area (Å²) in [5.74, 6) is 1.86. The number of fused-ring (bicyclic) bond motifs is 7. The second kappa shape index (κ2) is 11.0. The molecule has 2 heterocycles. The lowest BCUT2D eigenvalue weighted by molar-refractivity contribution is 0.673. The molecule has 4 nitrogen and oxygen atoms in total. The molecule has 0 aliphatic rings. The minimum Gasteiger partial charge on any atom is -0.455 e. The summed E-state index contributed by atoms with van der Waals surface area (Å²) >= 11 is 0. The normalized spacial score (nSPS) is 11.7. The Bertz CT molecular complexity index is 2890. The van der Waals surface area contributed by atoms with E-state index in [4.69, 9.17) is 19.4 Å². The number of hydrogen-bond donors (Lipinski definition) is 0. The molecule has 0 saturated heterocycles. The predicted molar refractivity (Wildman–Crippen MR) is 201 cm³/mol. The SMILES string of the molecule is c1ccc(-c2nc(-c3cccc4ccccc34)nc(-c3cccc4oc5c6ccccc6c(-c6ccc7ccccc7c6)cc5c34)n2)cc1. The maximum Gasteiger partial charge on any atom is 0.164 e. The van der Waals surface area contributed by atoms with E-state index in [1.54, 1.807) is 0 Å². The van der Waals surface area contributed by atoms with E-state index in [0.717, 1.165) is 71.3 Å². The second-order valence-electron chi connectivity index (χ2n) is 12.4. The van der Waals surface area contributed by atoms with Crippen molar-refractivity contribution < 1.29 is 4.42 Å². The van der Waals surface area contributed by atoms with Crippen LogP contribution in [0.2, 0.25) is 0 Å². The van der Waals surface area contributed by atoms with E-state index in [2.05, 4.69) is 121 Å². The van der Waals surface area contributed by atoms with Gasteiger partial charge in [-0.1, -0.05) is 146 Å². The smallest absolute Gasteiger partial charge is 0.164 e. The number of nitrogens with zero attached hydrogens (tertiary/aromatic N) is 3. The summed E-state index contributed by atoms with van der Waals surface area (Å²) in [5, 5.41) is 8.90. The standard InChI is InChI=1S/C45H27N3O/c1-2-14-30(15-3-1)43-46-44(36-21-10-17-29-13-6-7-18-33(29)36)48-45(47-43)37-22-11-23-40-41(37)39-27-38(34-19-8-9-20-35(34)42(39)49-40)32-25-24-28-12-4-5-16-31(28)26-32/h1-27H. The largest absolute Gasteiger partial charge is 0.455 e. The molecule has 0 fully saturated rings. The molecule has 0 amide bonds. The van der Waals surface area contributed by atoms with Gasteiger partial charge in [0, 0.05) is 32.8 Å². The van der Waals surface area contributed by atoms with Crippen LogP contribution >= 0.6 is 0 Å². The first kappa shape index (κ1) is 27.5. The Labute approximate surface area is 282 Å². The Morgan fingerprint density at radius 3 is 1.84 bits per heavy atom. The number of benzene rings is 8. The maximum atomic E-state index is 6.71. The Hall–Kier alpha value is -6.65. The molecule has 10 aromatic rings. The fourth-order valence-corrected chi connectivity index (χ4v) is 7.18. The summed E-state index contributed by atoms with van der Waals surface area (Å²) in [4.78, 5) is 15.4. The van der Waals surface area contributed by atoms with Gasteiger partial charge < -0.3 is 4.42 Å². The molecule has 0 atom stereocenters. The summed E-state index contributed by atoms with van der Waals surface area (Å²) < 4.78 is 6.71. The van der Waals surface area contributed by atoms with Crippen LogP contribution in [0.4, 0.5) is 0 Å². The zero-order valence-electron chi connectivity index (χ0n) is 26.3. The van der Waals surface area contributed by atoms with Gasteiger partial charge in [0.25, 0.3) is 0 Å². The third-order valence-electron chi connectivity index (χ3n) is 9.50. The van der Waals surface area contributed by atoms with E-state index in [-0.39, 0.29) is 0 Å². The Balaban J connectivity index is 1.27. The van der Waals surface area contributed by atoms with Crippen molar-refractivity contribution in [1.29, 1.82) is 0 Å². The average molecular weight is 626 g/mol. The molecule has 0 N–H and O–H groups in total. The van der Waals surface area contributed by atoms with Crippen molar-refractivity contribution in [2.75, 3.05) is 0 Å². The third kappa shape index (κ3) is 4.49. The van der Waals surface area contributed by atoms with Crippen LogP contribution < -0.4 is 0 Å². The predicted octanol–water partition coefficient (Wildman–Crippen LogP) is 11.9. The lowest BCUT2D eigenvalue weighted by Crippen LogP contribution is -2.00. The van der Waals surface area contributed by atoms with Crippen LogP contribution in [0, 0.1) is 0 Å². The van der Waals surface area contributed by atoms with Crippen molar-refractivity contribution >= 4 is 54.3 Å². The van der Waals surface area contributed by atoms with Crippen LogP contribution in [0.1, 0.15) is 0 Å². The van der Waals surface area contributed by atoms with Gasteiger partial charge in [-0.05, 0) is 56.3 Å². The Kier molecular flexibility index (Phi) is 6.15. The van der Waals surface area contributed by atoms with Crippen molar-refractivity contribution in [1.82, 2.24) is 15.0 Å². The highest BCUT2D eigenvalue weighted by molar-refractivity contribution is 6.22. The lowest BCUT2D eigenvalue weighted by atomic mass is 9.93. The van der Waals surface area contributed by atoms with E-state index >= 15 is 0 Å². The zero-order chi connectivity index (χ0) is 32.3. The monoisotopic (exact) mass is 625 g/mol. The first-order valence-corrected chi connectivity index (χ1v) is 16.4. The Morgan fingerprint density at radius 1 is 0.347 bits per heavy atom. The number of hydrogen-bond acceptors (Lipinski definition) is 4. The van der Waals surface area contributed by atoms with Crippen molar-refractivity contribution in [3.8, 4) is 45.3 Å². The van der Waals surface area contributed by atoms with Crippen LogP contribution in [0.15, 0.2) is 168 Å². The van der Waals surface area contributed by atoms with Gasteiger partial charge in [0.2, 0.25) is 0 Å². The summed E-state index contributed by atoms with van der Waals surface area (Å²) in [6, 6.07) is 56.9. The second-order valence-corrected chi connectivity index (χ2v) is 12.4. The van der Waals surface area contributed by atoms with Crippen LogP contribution in [0.3, 0.4) is 0 Å². The van der Waals surface area contributed by atoms with Gasteiger partial charge in [-0.25, -0.2) is 15.0 Å². The molecule has 0 unspecified atom stereocenters. The minimum absolute atomic E-state index is 0.602. The van der Waals surface area contributed by atoms with Gasteiger partial charge in [-0.15, -0.1) is 0 Å². The third-order valence-corrected chi connectivity index (χ3v) is 9.50. The first-order valence-electron chi connectivity index (χ1n) is 16.4. The molecule has 8 aromatic carbocycles. The van der Waals surface area contributed by atoms with Crippen molar-refractivity contribution in [3.05, 3.63) is 164 Å². The molecule has 0 aliphatic carbocycles. The first-order chi connectivity index (χ1) is 24.3. The molecule has 0 radical (unpaired) electrons. The van der Waals surface area contributed by atoms with Crippen molar-refractivity contribution in [3.63, 3.8) is 0 Å². The van der Waals surface area contributed by atoms with Crippen molar-refractivity contribution in [2.45, 2.75) is 0 Å². The summed E-state index contributed by atoms with van der Waals surface area (Å²) in [6.45, 7) is 0. The molecule has 0 bridgehead atoms. The fourth-order valence-electron chi connectivity index (χ4n) is 7.18. The topological polar surface area (TPSA) is 51.8 Å². The fraction of sp³-hybridized carbons (Fsp3) is 0. The van der Waals surface area contributed by atoms with E-state index in [1.165, 1.54) is 10.8 Å². The molecular weight excluding hydrogens is 599 g/mol. The summed E-state index contributed by atoms with van der Waals surface area (Å²) in [7, 11) is 0. The maximum absolute atomic E-state index is 6.71. The minimum atomic E-state index is 0.602. The molecule has 49 heavy (non-hydrogen) atoms. The molecule has 0 saturated carbocycles.